The predicted molar refractivity (Wildman–Crippen MR) is 122 cm³/mol. The number of rotatable bonds is 9. The molecule has 6 nitrogen and oxygen atoms in total. The van der Waals surface area contributed by atoms with E-state index in [1.54, 1.807) is 0 Å². The molecule has 0 spiro atoms. The number of halogens is 1. The van der Waals surface area contributed by atoms with Gasteiger partial charge < -0.3 is 15.4 Å². The van der Waals surface area contributed by atoms with Crippen molar-refractivity contribution in [2.45, 2.75) is 58.2 Å². The molecule has 8 heteroatoms. The standard InChI is InChI=1S/C19H31N3O3S.HI/c1-4-20-19(22-15(2)12-13-26(3,23)24)21-14-16-8-5-6-11-18(16)25-17-9-7-10-17;/h5-6,8,11,15,17H,4,7,9-10,12-14H2,1-3H3,(H2,20,21,22);1H. The van der Waals surface area contributed by atoms with Crippen molar-refractivity contribution in [3.05, 3.63) is 29.8 Å². The van der Waals surface area contributed by atoms with Crippen molar-refractivity contribution in [3.63, 3.8) is 0 Å². The smallest absolute Gasteiger partial charge is 0.191 e. The highest BCUT2D eigenvalue weighted by Crippen LogP contribution is 2.27. The number of guanidine groups is 1. The molecule has 2 rings (SSSR count). The molecule has 0 heterocycles. The van der Waals surface area contributed by atoms with E-state index in [9.17, 15) is 8.42 Å². The SMILES string of the molecule is CCNC(=NCc1ccccc1OC1CCC1)NC(C)CCS(C)(=O)=O.I. The Labute approximate surface area is 180 Å². The summed E-state index contributed by atoms with van der Waals surface area (Å²) < 4.78 is 28.7. The Kier molecular flexibility index (Phi) is 10.4. The number of hydrogen-bond acceptors (Lipinski definition) is 4. The Morgan fingerprint density at radius 3 is 2.63 bits per heavy atom. The number of benzene rings is 1. The quantitative estimate of drug-likeness (QED) is 0.304. The molecule has 0 bridgehead atoms. The summed E-state index contributed by atoms with van der Waals surface area (Å²) in [6, 6.07) is 8.03. The lowest BCUT2D eigenvalue weighted by Crippen LogP contribution is -2.42. The van der Waals surface area contributed by atoms with Crippen LogP contribution in [0.15, 0.2) is 29.3 Å². The van der Waals surface area contributed by atoms with Crippen molar-refractivity contribution in [2.75, 3.05) is 18.6 Å². The van der Waals surface area contributed by atoms with E-state index in [1.807, 2.05) is 38.1 Å². The van der Waals surface area contributed by atoms with Crippen molar-refractivity contribution in [1.82, 2.24) is 10.6 Å². The second-order valence-electron chi connectivity index (χ2n) is 6.94. The molecule has 1 aromatic carbocycles. The van der Waals surface area contributed by atoms with Crippen LogP contribution in [-0.2, 0) is 16.4 Å². The molecule has 1 unspecified atom stereocenters. The second kappa shape index (κ2) is 11.7. The molecule has 1 fully saturated rings. The zero-order valence-corrected chi connectivity index (χ0v) is 19.5. The Hall–Kier alpha value is -1.03. The third-order valence-corrected chi connectivity index (χ3v) is 5.35. The molecule has 0 amide bonds. The van der Waals surface area contributed by atoms with E-state index in [0.29, 0.717) is 25.0 Å². The van der Waals surface area contributed by atoms with E-state index in [4.69, 9.17) is 4.74 Å². The molecule has 1 saturated carbocycles. The van der Waals surface area contributed by atoms with Gasteiger partial charge in [-0.05, 0) is 45.6 Å². The molecule has 0 aliphatic heterocycles. The first-order chi connectivity index (χ1) is 12.4. The van der Waals surface area contributed by atoms with Gasteiger partial charge in [0.1, 0.15) is 15.6 Å². The summed E-state index contributed by atoms with van der Waals surface area (Å²) in [6.07, 6.45) is 5.63. The minimum absolute atomic E-state index is 0. The molecule has 1 aromatic rings. The summed E-state index contributed by atoms with van der Waals surface area (Å²) in [7, 11) is -2.95. The maximum absolute atomic E-state index is 11.3. The summed E-state index contributed by atoms with van der Waals surface area (Å²) in [4.78, 5) is 4.64. The van der Waals surface area contributed by atoms with Crippen LogP contribution >= 0.6 is 24.0 Å². The average molecular weight is 509 g/mol. The van der Waals surface area contributed by atoms with Gasteiger partial charge in [-0.2, -0.15) is 0 Å². The maximum atomic E-state index is 11.3. The van der Waals surface area contributed by atoms with E-state index in [1.165, 1.54) is 12.7 Å². The molecule has 2 N–H and O–H groups in total. The highest BCUT2D eigenvalue weighted by Gasteiger charge is 2.20. The number of nitrogens with one attached hydrogen (secondary N) is 2. The summed E-state index contributed by atoms with van der Waals surface area (Å²) in [6.45, 7) is 5.22. The summed E-state index contributed by atoms with van der Waals surface area (Å²) in [5, 5.41) is 6.49. The van der Waals surface area contributed by atoms with Crippen LogP contribution in [0.5, 0.6) is 5.75 Å². The lowest BCUT2D eigenvalue weighted by Gasteiger charge is -2.27. The van der Waals surface area contributed by atoms with Gasteiger partial charge in [-0.3, -0.25) is 0 Å². The van der Waals surface area contributed by atoms with Crippen molar-refractivity contribution >= 4 is 39.8 Å². The normalized spacial score (nSPS) is 16.0. The molecule has 0 saturated heterocycles. The van der Waals surface area contributed by atoms with Gasteiger partial charge in [0.2, 0.25) is 0 Å². The zero-order valence-electron chi connectivity index (χ0n) is 16.4. The van der Waals surface area contributed by atoms with Crippen LogP contribution in [0.25, 0.3) is 0 Å². The fraction of sp³-hybridized carbons (Fsp3) is 0.632. The highest BCUT2D eigenvalue weighted by molar-refractivity contribution is 14.0. The van der Waals surface area contributed by atoms with Crippen LogP contribution in [0.2, 0.25) is 0 Å². The van der Waals surface area contributed by atoms with E-state index in [0.717, 1.165) is 30.7 Å². The highest BCUT2D eigenvalue weighted by atomic mass is 127. The fourth-order valence-corrected chi connectivity index (χ4v) is 3.38. The van der Waals surface area contributed by atoms with Crippen LogP contribution in [0.1, 0.15) is 45.1 Å². The molecule has 0 aromatic heterocycles. The Bertz CT molecular complexity index is 706. The van der Waals surface area contributed by atoms with Gasteiger partial charge in [0.25, 0.3) is 0 Å². The molecular formula is C19H32IN3O3S. The van der Waals surface area contributed by atoms with Crippen LogP contribution in [-0.4, -0.2) is 45.1 Å². The number of hydrogen-bond donors (Lipinski definition) is 2. The topological polar surface area (TPSA) is 79.8 Å². The fourth-order valence-electron chi connectivity index (χ4n) is 2.60. The van der Waals surface area contributed by atoms with Crippen LogP contribution in [0, 0.1) is 0 Å². The van der Waals surface area contributed by atoms with Crippen LogP contribution in [0.4, 0.5) is 0 Å². The van der Waals surface area contributed by atoms with Gasteiger partial charge in [-0.1, -0.05) is 18.2 Å². The maximum Gasteiger partial charge on any atom is 0.191 e. The molecule has 27 heavy (non-hydrogen) atoms. The van der Waals surface area contributed by atoms with E-state index in [-0.39, 0.29) is 35.8 Å². The molecule has 154 valence electrons. The number of sulfone groups is 1. The van der Waals surface area contributed by atoms with Gasteiger partial charge in [0.15, 0.2) is 5.96 Å². The second-order valence-corrected chi connectivity index (χ2v) is 9.20. The summed E-state index contributed by atoms with van der Waals surface area (Å²) >= 11 is 0. The number of nitrogens with zero attached hydrogens (tertiary/aromatic N) is 1. The first-order valence-electron chi connectivity index (χ1n) is 9.34. The Morgan fingerprint density at radius 1 is 1.33 bits per heavy atom. The van der Waals surface area contributed by atoms with Crippen molar-refractivity contribution < 1.29 is 13.2 Å². The van der Waals surface area contributed by atoms with Gasteiger partial charge in [0, 0.05) is 24.4 Å². The molecular weight excluding hydrogens is 477 g/mol. The Balaban J connectivity index is 0.00000364. The monoisotopic (exact) mass is 509 g/mol. The van der Waals surface area contributed by atoms with Crippen molar-refractivity contribution in [2.24, 2.45) is 4.99 Å². The van der Waals surface area contributed by atoms with E-state index in [2.05, 4.69) is 15.6 Å². The summed E-state index contributed by atoms with van der Waals surface area (Å²) in [5.41, 5.74) is 1.06. The van der Waals surface area contributed by atoms with Gasteiger partial charge >= 0.3 is 0 Å². The molecule has 1 aliphatic rings. The molecule has 0 radical (unpaired) electrons. The van der Waals surface area contributed by atoms with E-state index < -0.39 is 9.84 Å². The van der Waals surface area contributed by atoms with Gasteiger partial charge in [-0.25, -0.2) is 13.4 Å². The van der Waals surface area contributed by atoms with Crippen molar-refractivity contribution in [3.8, 4) is 5.75 Å². The number of ether oxygens (including phenoxy) is 1. The third-order valence-electron chi connectivity index (χ3n) is 4.37. The Morgan fingerprint density at radius 2 is 2.04 bits per heavy atom. The average Bonchev–Trinajstić information content (AvgIpc) is 2.54. The lowest BCUT2D eigenvalue weighted by molar-refractivity contribution is 0.119. The number of para-hydroxylation sites is 1. The predicted octanol–water partition coefficient (Wildman–Crippen LogP) is 3.11. The first-order valence-corrected chi connectivity index (χ1v) is 11.4. The molecule has 1 aliphatic carbocycles. The lowest BCUT2D eigenvalue weighted by atomic mass is 9.96. The van der Waals surface area contributed by atoms with Gasteiger partial charge in [0.05, 0.1) is 18.4 Å². The largest absolute Gasteiger partial charge is 0.490 e. The third kappa shape index (κ3) is 9.14. The van der Waals surface area contributed by atoms with Crippen LogP contribution < -0.4 is 15.4 Å². The first kappa shape index (κ1) is 24.0. The van der Waals surface area contributed by atoms with E-state index >= 15 is 0 Å². The molecule has 1 atom stereocenters. The van der Waals surface area contributed by atoms with Crippen molar-refractivity contribution in [1.29, 1.82) is 0 Å². The minimum Gasteiger partial charge on any atom is -0.490 e. The number of aliphatic imine (C=N–C) groups is 1. The minimum atomic E-state index is -2.95. The van der Waals surface area contributed by atoms with Gasteiger partial charge in [-0.15, -0.1) is 24.0 Å². The van der Waals surface area contributed by atoms with Crippen LogP contribution in [0.3, 0.4) is 0 Å². The zero-order chi connectivity index (χ0) is 19.0. The summed E-state index contributed by atoms with van der Waals surface area (Å²) in [5.74, 6) is 1.76.